The topological polar surface area (TPSA) is 92.6 Å². The van der Waals surface area contributed by atoms with E-state index in [1.165, 1.54) is 28.6 Å². The number of aliphatic hydroxyl groups excluding tert-OH is 1. The highest BCUT2D eigenvalue weighted by Gasteiger charge is 2.48. The van der Waals surface area contributed by atoms with Gasteiger partial charge in [-0.1, -0.05) is 29.5 Å². The zero-order chi connectivity index (χ0) is 24.0. The number of ether oxygens (including phenoxy) is 1. The molecule has 0 spiro atoms. The Morgan fingerprint density at radius 1 is 1.09 bits per heavy atom. The van der Waals surface area contributed by atoms with Gasteiger partial charge < -0.3 is 9.84 Å². The molecule has 2 aromatic carbocycles. The van der Waals surface area contributed by atoms with Gasteiger partial charge in [0.2, 0.25) is 0 Å². The summed E-state index contributed by atoms with van der Waals surface area (Å²) in [6, 6.07) is 13.5. The number of anilines is 1. The van der Waals surface area contributed by atoms with E-state index in [-0.39, 0.29) is 11.3 Å². The van der Waals surface area contributed by atoms with E-state index >= 15 is 0 Å². The molecule has 8 heteroatoms. The lowest BCUT2D eigenvalue weighted by Gasteiger charge is -2.23. The maximum absolute atomic E-state index is 13.4. The molecular weight excluding hydrogens is 450 g/mol. The van der Waals surface area contributed by atoms with E-state index in [1.54, 1.807) is 43.5 Å². The molecule has 2 aromatic heterocycles. The summed E-state index contributed by atoms with van der Waals surface area (Å²) in [7, 11) is 1.55. The summed E-state index contributed by atoms with van der Waals surface area (Å²) < 4.78 is 6.30. The number of hydrogen-bond donors (Lipinski definition) is 1. The van der Waals surface area contributed by atoms with Crippen molar-refractivity contribution in [3.8, 4) is 5.75 Å². The molecule has 0 aliphatic carbocycles. The molecule has 1 unspecified atom stereocenters. The minimum atomic E-state index is -0.870. The molecule has 0 saturated carbocycles. The van der Waals surface area contributed by atoms with E-state index in [9.17, 15) is 14.7 Å². The SMILES string of the molecule is COc1cccc(C2/C(=C(/O)c3ccncc3)C(=O)C(=O)N2c2nc3c(C)cc(C)cc3s2)c1. The number of Topliss-reactive ketones (excluding diaryl/α,β-unsaturated/α-hetero) is 1. The van der Waals surface area contributed by atoms with Crippen molar-refractivity contribution < 1.29 is 19.4 Å². The third-order valence-electron chi connectivity index (χ3n) is 5.83. The van der Waals surface area contributed by atoms with Crippen molar-refractivity contribution in [1.29, 1.82) is 0 Å². The van der Waals surface area contributed by atoms with Gasteiger partial charge in [-0.2, -0.15) is 0 Å². The summed E-state index contributed by atoms with van der Waals surface area (Å²) in [5.74, 6) is -1.20. The first kappa shape index (κ1) is 21.8. The van der Waals surface area contributed by atoms with Gasteiger partial charge in [-0.3, -0.25) is 19.5 Å². The van der Waals surface area contributed by atoms with Gasteiger partial charge in [-0.15, -0.1) is 0 Å². The van der Waals surface area contributed by atoms with Crippen molar-refractivity contribution in [2.75, 3.05) is 12.0 Å². The van der Waals surface area contributed by atoms with Gasteiger partial charge >= 0.3 is 5.91 Å². The van der Waals surface area contributed by atoms with Crippen molar-refractivity contribution in [3.63, 3.8) is 0 Å². The first-order chi connectivity index (χ1) is 16.4. The molecule has 1 saturated heterocycles. The zero-order valence-electron chi connectivity index (χ0n) is 18.8. The zero-order valence-corrected chi connectivity index (χ0v) is 19.6. The van der Waals surface area contributed by atoms with Crippen LogP contribution in [0, 0.1) is 13.8 Å². The monoisotopic (exact) mass is 471 g/mol. The number of hydrogen-bond acceptors (Lipinski definition) is 7. The highest BCUT2D eigenvalue weighted by atomic mass is 32.1. The molecule has 1 fully saturated rings. The summed E-state index contributed by atoms with van der Waals surface area (Å²) >= 11 is 1.34. The number of benzene rings is 2. The number of methoxy groups -OCH3 is 1. The molecule has 1 atom stereocenters. The molecule has 0 radical (unpaired) electrons. The van der Waals surface area contributed by atoms with Crippen LogP contribution in [0.3, 0.4) is 0 Å². The fraction of sp³-hybridized carbons (Fsp3) is 0.154. The average Bonchev–Trinajstić information content (AvgIpc) is 3.38. The molecular formula is C26H21N3O4S. The Balaban J connectivity index is 1.76. The Hall–Kier alpha value is -4.04. The molecule has 1 aliphatic rings. The number of carbonyl (C=O) groups excluding carboxylic acids is 2. The summed E-state index contributed by atoms with van der Waals surface area (Å²) in [6.45, 7) is 3.97. The Morgan fingerprint density at radius 3 is 2.59 bits per heavy atom. The van der Waals surface area contributed by atoms with Crippen LogP contribution in [0.1, 0.15) is 28.3 Å². The molecule has 4 aromatic rings. The number of pyridine rings is 1. The number of aliphatic hydroxyl groups is 1. The highest BCUT2D eigenvalue weighted by Crippen LogP contribution is 2.45. The van der Waals surface area contributed by atoms with Crippen LogP contribution in [0.4, 0.5) is 5.13 Å². The molecule has 1 N–H and O–H groups in total. The molecule has 7 nitrogen and oxygen atoms in total. The van der Waals surface area contributed by atoms with Gasteiger partial charge in [0.1, 0.15) is 11.5 Å². The molecule has 1 amide bonds. The lowest BCUT2D eigenvalue weighted by Crippen LogP contribution is -2.29. The summed E-state index contributed by atoms with van der Waals surface area (Å²) in [5, 5.41) is 11.6. The minimum Gasteiger partial charge on any atom is -0.507 e. The quantitative estimate of drug-likeness (QED) is 0.257. The predicted molar refractivity (Wildman–Crippen MR) is 131 cm³/mol. The largest absolute Gasteiger partial charge is 0.507 e. The van der Waals surface area contributed by atoms with Crippen molar-refractivity contribution in [3.05, 3.63) is 88.8 Å². The second-order valence-corrected chi connectivity index (χ2v) is 9.12. The normalized spacial score (nSPS) is 17.5. The summed E-state index contributed by atoms with van der Waals surface area (Å²) in [5.41, 5.74) is 3.88. The van der Waals surface area contributed by atoms with Gasteiger partial charge in [0.15, 0.2) is 5.13 Å². The smallest absolute Gasteiger partial charge is 0.301 e. The van der Waals surface area contributed by atoms with Gasteiger partial charge in [0, 0.05) is 18.0 Å². The standard InChI is InChI=1S/C26H21N3O4S/c1-14-11-15(2)21-19(12-14)34-26(28-21)29-22(17-5-4-6-18(13-17)33-3)20(24(31)25(29)32)23(30)16-7-9-27-10-8-16/h4-13,22,30H,1-3H3/b23-20-. The van der Waals surface area contributed by atoms with Crippen LogP contribution in [-0.4, -0.2) is 33.9 Å². The fourth-order valence-electron chi connectivity index (χ4n) is 4.28. The first-order valence-electron chi connectivity index (χ1n) is 10.6. The predicted octanol–water partition coefficient (Wildman–Crippen LogP) is 4.94. The number of aryl methyl sites for hydroxylation is 2. The molecule has 34 heavy (non-hydrogen) atoms. The van der Waals surface area contributed by atoms with Crippen molar-refractivity contribution >= 4 is 44.1 Å². The van der Waals surface area contributed by atoms with Crippen LogP contribution in [0.5, 0.6) is 5.75 Å². The number of aromatic nitrogens is 2. The Bertz CT molecular complexity index is 1480. The van der Waals surface area contributed by atoms with Crippen molar-refractivity contribution in [2.45, 2.75) is 19.9 Å². The van der Waals surface area contributed by atoms with E-state index in [0.29, 0.717) is 22.0 Å². The first-order valence-corrected chi connectivity index (χ1v) is 11.4. The van der Waals surface area contributed by atoms with Gasteiger partial charge in [-0.25, -0.2) is 4.98 Å². The summed E-state index contributed by atoms with van der Waals surface area (Å²) in [6.07, 6.45) is 3.04. The number of amides is 1. The second kappa shape index (κ2) is 8.39. The van der Waals surface area contributed by atoms with E-state index < -0.39 is 17.7 Å². The van der Waals surface area contributed by atoms with E-state index in [2.05, 4.69) is 4.98 Å². The number of nitrogens with zero attached hydrogens (tertiary/aromatic N) is 3. The minimum absolute atomic E-state index is 0.00314. The van der Waals surface area contributed by atoms with Crippen LogP contribution in [0.2, 0.25) is 0 Å². The van der Waals surface area contributed by atoms with Crippen LogP contribution in [0.15, 0.2) is 66.5 Å². The van der Waals surface area contributed by atoms with Gasteiger partial charge in [-0.05, 0) is 60.9 Å². The van der Waals surface area contributed by atoms with Crippen LogP contribution in [0.25, 0.3) is 16.0 Å². The van der Waals surface area contributed by atoms with Crippen LogP contribution in [-0.2, 0) is 9.59 Å². The fourth-order valence-corrected chi connectivity index (χ4v) is 5.45. The van der Waals surface area contributed by atoms with Crippen LogP contribution < -0.4 is 9.64 Å². The number of carbonyl (C=O) groups is 2. The Kier molecular flexibility index (Phi) is 5.37. The average molecular weight is 472 g/mol. The van der Waals surface area contributed by atoms with E-state index in [1.807, 2.05) is 26.0 Å². The van der Waals surface area contributed by atoms with Gasteiger partial charge in [0.05, 0.1) is 28.9 Å². The maximum atomic E-state index is 13.4. The third kappa shape index (κ3) is 3.52. The van der Waals surface area contributed by atoms with Crippen LogP contribution >= 0.6 is 11.3 Å². The Morgan fingerprint density at radius 2 is 1.85 bits per heavy atom. The maximum Gasteiger partial charge on any atom is 0.301 e. The molecule has 3 heterocycles. The number of ketones is 1. The lowest BCUT2D eigenvalue weighted by molar-refractivity contribution is -0.132. The van der Waals surface area contributed by atoms with E-state index in [0.717, 1.165) is 21.3 Å². The highest BCUT2D eigenvalue weighted by molar-refractivity contribution is 7.22. The molecule has 170 valence electrons. The molecule has 5 rings (SSSR count). The number of thiazole rings is 1. The van der Waals surface area contributed by atoms with E-state index in [4.69, 9.17) is 9.72 Å². The van der Waals surface area contributed by atoms with Gasteiger partial charge in [0.25, 0.3) is 5.78 Å². The second-order valence-electron chi connectivity index (χ2n) is 8.11. The van der Waals surface area contributed by atoms with Crippen molar-refractivity contribution in [2.24, 2.45) is 0 Å². The van der Waals surface area contributed by atoms with Crippen molar-refractivity contribution in [1.82, 2.24) is 9.97 Å². The Labute approximate surface area is 200 Å². The molecule has 0 bridgehead atoms. The number of rotatable bonds is 4. The number of fused-ring (bicyclic) bond motifs is 1. The summed E-state index contributed by atoms with van der Waals surface area (Å²) in [4.78, 5) is 36.8. The molecule has 1 aliphatic heterocycles. The third-order valence-corrected chi connectivity index (χ3v) is 6.83. The lowest BCUT2D eigenvalue weighted by atomic mass is 9.95.